The van der Waals surface area contributed by atoms with E-state index in [4.69, 9.17) is 4.74 Å². The number of hydrogen-bond donors (Lipinski definition) is 1. The number of nitrogens with zero attached hydrogens (tertiary/aromatic N) is 2. The second kappa shape index (κ2) is 7.09. The van der Waals surface area contributed by atoms with Crippen LogP contribution in [0, 0.1) is 3.57 Å². The molecule has 0 saturated carbocycles. The number of ether oxygens (including phenoxy) is 1. The molecule has 0 atom stereocenters. The number of hydrazone groups is 1. The first-order valence-corrected chi connectivity index (χ1v) is 7.04. The highest BCUT2D eigenvalue weighted by atomic mass is 127. The van der Waals surface area contributed by atoms with E-state index in [9.17, 15) is 4.79 Å². The van der Waals surface area contributed by atoms with Gasteiger partial charge in [0.15, 0.2) is 6.61 Å². The maximum atomic E-state index is 11.6. The zero-order valence-corrected chi connectivity index (χ0v) is 13.1. The third kappa shape index (κ3) is 4.37. The molecule has 0 saturated heterocycles. The van der Waals surface area contributed by atoms with Gasteiger partial charge in [0.25, 0.3) is 5.91 Å². The van der Waals surface area contributed by atoms with Gasteiger partial charge in [-0.1, -0.05) is 12.1 Å². The fraction of sp³-hybridized carbons (Fsp3) is 0.143. The summed E-state index contributed by atoms with van der Waals surface area (Å²) in [5, 5.41) is 3.87. The quantitative estimate of drug-likeness (QED) is 0.489. The molecule has 104 valence electrons. The van der Waals surface area contributed by atoms with E-state index in [1.165, 1.54) is 0 Å². The summed E-state index contributed by atoms with van der Waals surface area (Å²) < 4.78 is 8.28. The van der Waals surface area contributed by atoms with Gasteiger partial charge < -0.3 is 9.30 Å². The Bertz CT molecular complexity index is 622. The van der Waals surface area contributed by atoms with Gasteiger partial charge in [-0.15, -0.1) is 0 Å². The van der Waals surface area contributed by atoms with Crippen LogP contribution in [0.25, 0.3) is 0 Å². The van der Waals surface area contributed by atoms with Gasteiger partial charge in [-0.05, 0) is 40.8 Å². The van der Waals surface area contributed by atoms with Crippen LogP contribution in [-0.2, 0) is 11.8 Å². The zero-order chi connectivity index (χ0) is 14.4. The number of aromatic nitrogens is 1. The highest BCUT2D eigenvalue weighted by Gasteiger charge is 2.03. The van der Waals surface area contributed by atoms with Gasteiger partial charge in [-0.3, -0.25) is 4.79 Å². The van der Waals surface area contributed by atoms with Crippen LogP contribution in [0.4, 0.5) is 0 Å². The van der Waals surface area contributed by atoms with Crippen LogP contribution in [-0.4, -0.2) is 23.3 Å². The Balaban J connectivity index is 1.78. The van der Waals surface area contributed by atoms with E-state index in [2.05, 4.69) is 33.1 Å². The lowest BCUT2D eigenvalue weighted by molar-refractivity contribution is -0.123. The molecule has 2 aromatic rings. The minimum atomic E-state index is -0.295. The molecule has 1 N–H and O–H groups in total. The van der Waals surface area contributed by atoms with Gasteiger partial charge in [0, 0.05) is 25.0 Å². The van der Waals surface area contributed by atoms with E-state index < -0.39 is 0 Å². The number of para-hydroxylation sites is 1. The number of hydrogen-bond acceptors (Lipinski definition) is 3. The Morgan fingerprint density at radius 1 is 1.45 bits per heavy atom. The molecule has 2 rings (SSSR count). The van der Waals surface area contributed by atoms with Crippen molar-refractivity contribution >= 4 is 34.7 Å². The summed E-state index contributed by atoms with van der Waals surface area (Å²) in [6.07, 6.45) is 5.40. The molecule has 0 spiro atoms. The summed E-state index contributed by atoms with van der Waals surface area (Å²) in [7, 11) is 1.92. The van der Waals surface area contributed by atoms with E-state index in [-0.39, 0.29) is 12.5 Å². The number of carbonyl (C=O) groups excluding carboxylic acids is 1. The van der Waals surface area contributed by atoms with E-state index in [0.29, 0.717) is 5.75 Å². The van der Waals surface area contributed by atoms with Crippen LogP contribution < -0.4 is 10.2 Å². The maximum Gasteiger partial charge on any atom is 0.277 e. The SMILES string of the molecule is Cn1ccc(/C=N/NC(=O)COc2ccccc2I)c1. The summed E-state index contributed by atoms with van der Waals surface area (Å²) in [6.45, 7) is -0.0633. The van der Waals surface area contributed by atoms with Crippen molar-refractivity contribution in [3.8, 4) is 5.75 Å². The largest absolute Gasteiger partial charge is 0.483 e. The minimum absolute atomic E-state index is 0.0633. The van der Waals surface area contributed by atoms with Crippen molar-refractivity contribution in [2.45, 2.75) is 0 Å². The number of benzene rings is 1. The van der Waals surface area contributed by atoms with Crippen LogP contribution in [0.2, 0.25) is 0 Å². The average Bonchev–Trinajstić information content (AvgIpc) is 2.83. The van der Waals surface area contributed by atoms with E-state index in [1.807, 2.05) is 54.3 Å². The normalized spacial score (nSPS) is 10.7. The predicted molar refractivity (Wildman–Crippen MR) is 85.8 cm³/mol. The molecular formula is C14H14IN3O2. The number of nitrogens with one attached hydrogen (secondary N) is 1. The molecule has 5 nitrogen and oxygen atoms in total. The van der Waals surface area contributed by atoms with E-state index >= 15 is 0 Å². The van der Waals surface area contributed by atoms with E-state index in [1.54, 1.807) is 6.21 Å². The molecule has 0 bridgehead atoms. The molecule has 0 aliphatic heterocycles. The van der Waals surface area contributed by atoms with E-state index in [0.717, 1.165) is 9.13 Å². The second-order valence-corrected chi connectivity index (χ2v) is 5.28. The van der Waals surface area contributed by atoms with Crippen molar-refractivity contribution in [3.63, 3.8) is 0 Å². The van der Waals surface area contributed by atoms with Crippen molar-refractivity contribution < 1.29 is 9.53 Å². The Kier molecular flexibility index (Phi) is 5.16. The third-order valence-corrected chi connectivity index (χ3v) is 3.34. The van der Waals surface area contributed by atoms with Crippen molar-refractivity contribution in [2.24, 2.45) is 12.1 Å². The van der Waals surface area contributed by atoms with Crippen molar-refractivity contribution in [1.82, 2.24) is 9.99 Å². The first-order valence-electron chi connectivity index (χ1n) is 5.96. The number of amides is 1. The molecular weight excluding hydrogens is 369 g/mol. The summed E-state index contributed by atoms with van der Waals surface area (Å²) in [5.74, 6) is 0.395. The smallest absolute Gasteiger partial charge is 0.277 e. The fourth-order valence-electron chi connectivity index (χ4n) is 1.52. The van der Waals surface area contributed by atoms with Gasteiger partial charge >= 0.3 is 0 Å². The summed E-state index contributed by atoms with van der Waals surface area (Å²) in [5.41, 5.74) is 3.35. The Morgan fingerprint density at radius 3 is 2.95 bits per heavy atom. The lowest BCUT2D eigenvalue weighted by Gasteiger charge is -2.06. The average molecular weight is 383 g/mol. The van der Waals surface area contributed by atoms with Gasteiger partial charge in [-0.2, -0.15) is 5.10 Å². The number of rotatable bonds is 5. The molecule has 1 heterocycles. The molecule has 0 fully saturated rings. The molecule has 6 heteroatoms. The first-order chi connectivity index (χ1) is 9.65. The zero-order valence-electron chi connectivity index (χ0n) is 10.9. The molecule has 20 heavy (non-hydrogen) atoms. The third-order valence-electron chi connectivity index (χ3n) is 2.45. The van der Waals surface area contributed by atoms with Crippen molar-refractivity contribution in [1.29, 1.82) is 0 Å². The summed E-state index contributed by atoms with van der Waals surface area (Å²) in [4.78, 5) is 11.6. The second-order valence-electron chi connectivity index (χ2n) is 4.12. The monoisotopic (exact) mass is 383 g/mol. The Morgan fingerprint density at radius 2 is 2.25 bits per heavy atom. The number of aryl methyl sites for hydroxylation is 1. The molecule has 1 aromatic carbocycles. The van der Waals surface area contributed by atoms with Crippen LogP contribution in [0.1, 0.15) is 5.56 Å². The van der Waals surface area contributed by atoms with Gasteiger partial charge in [0.1, 0.15) is 5.75 Å². The molecule has 1 aromatic heterocycles. The minimum Gasteiger partial charge on any atom is -0.483 e. The topological polar surface area (TPSA) is 55.6 Å². The van der Waals surface area contributed by atoms with Crippen LogP contribution in [0.15, 0.2) is 47.8 Å². The van der Waals surface area contributed by atoms with Crippen molar-refractivity contribution in [3.05, 3.63) is 51.9 Å². The highest BCUT2D eigenvalue weighted by molar-refractivity contribution is 14.1. The fourth-order valence-corrected chi connectivity index (χ4v) is 2.06. The molecule has 0 radical (unpaired) electrons. The van der Waals surface area contributed by atoms with Gasteiger partial charge in [0.05, 0.1) is 9.78 Å². The molecule has 0 aliphatic rings. The highest BCUT2D eigenvalue weighted by Crippen LogP contribution is 2.19. The predicted octanol–water partition coefficient (Wildman–Crippen LogP) is 2.16. The molecule has 0 aliphatic carbocycles. The van der Waals surface area contributed by atoms with Gasteiger partial charge in [-0.25, -0.2) is 5.43 Å². The van der Waals surface area contributed by atoms with Crippen LogP contribution in [0.5, 0.6) is 5.75 Å². The van der Waals surface area contributed by atoms with Crippen LogP contribution in [0.3, 0.4) is 0 Å². The molecule has 0 unspecified atom stereocenters. The Labute approximate surface area is 130 Å². The Hall–Kier alpha value is -1.83. The lowest BCUT2D eigenvalue weighted by atomic mass is 10.3. The lowest BCUT2D eigenvalue weighted by Crippen LogP contribution is -2.24. The summed E-state index contributed by atoms with van der Waals surface area (Å²) >= 11 is 2.16. The number of carbonyl (C=O) groups is 1. The van der Waals surface area contributed by atoms with Crippen LogP contribution >= 0.6 is 22.6 Å². The maximum absolute atomic E-state index is 11.6. The molecule has 1 amide bonds. The van der Waals surface area contributed by atoms with Gasteiger partial charge in [0.2, 0.25) is 0 Å². The standard InChI is InChI=1S/C14H14IN3O2/c1-18-7-6-11(9-18)8-16-17-14(19)10-20-13-5-3-2-4-12(13)15/h2-9H,10H2,1H3,(H,17,19)/b16-8+. The summed E-state index contributed by atoms with van der Waals surface area (Å²) in [6, 6.07) is 9.42. The number of halogens is 1. The first kappa shape index (κ1) is 14.6. The van der Waals surface area contributed by atoms with Crippen molar-refractivity contribution in [2.75, 3.05) is 6.61 Å².